The summed E-state index contributed by atoms with van der Waals surface area (Å²) in [6.45, 7) is 0. The van der Waals surface area contributed by atoms with Crippen LogP contribution in [0.3, 0.4) is 0 Å². The molecule has 0 bridgehead atoms. The van der Waals surface area contributed by atoms with Crippen molar-refractivity contribution in [3.63, 3.8) is 0 Å². The van der Waals surface area contributed by atoms with Crippen LogP contribution < -0.4 is 9.64 Å². The smallest absolute Gasteiger partial charge is 0.135 e. The van der Waals surface area contributed by atoms with Crippen LogP contribution in [-0.4, -0.2) is 0 Å². The number of benzene rings is 11. The van der Waals surface area contributed by atoms with Gasteiger partial charge in [-0.2, -0.15) is 0 Å². The summed E-state index contributed by atoms with van der Waals surface area (Å²) in [5.41, 5.74) is 17.3. The van der Waals surface area contributed by atoms with Crippen LogP contribution in [0.25, 0.3) is 88.3 Å². The van der Waals surface area contributed by atoms with E-state index in [1.54, 1.807) is 0 Å². The van der Waals surface area contributed by atoms with Crippen LogP contribution in [0, 0.1) is 0 Å². The quantitative estimate of drug-likeness (QED) is 0.151. The van der Waals surface area contributed by atoms with Crippen LogP contribution in [0.5, 0.6) is 11.5 Å². The number of rotatable bonds is 8. The normalized spacial score (nSPS) is 11.6. The van der Waals surface area contributed by atoms with Gasteiger partial charge in [-0.05, 0) is 120 Å². The maximum Gasteiger partial charge on any atom is 0.135 e. The first-order valence-electron chi connectivity index (χ1n) is 21.9. The van der Waals surface area contributed by atoms with Crippen LogP contribution in [0.1, 0.15) is 0 Å². The van der Waals surface area contributed by atoms with Crippen molar-refractivity contribution in [2.75, 3.05) is 4.90 Å². The predicted molar refractivity (Wildman–Crippen MR) is 269 cm³/mol. The van der Waals surface area contributed by atoms with Gasteiger partial charge in [0.25, 0.3) is 0 Å². The number of anilines is 3. The van der Waals surface area contributed by atoms with E-state index in [-0.39, 0.29) is 0 Å². The molecule has 300 valence electrons. The molecule has 0 spiro atoms. The zero-order chi connectivity index (χ0) is 42.4. The summed E-state index contributed by atoms with van der Waals surface area (Å²) in [5, 5.41) is 4.78. The number of ether oxygens (including phenoxy) is 1. The Morgan fingerprint density at radius 1 is 0.250 bits per heavy atom. The van der Waals surface area contributed by atoms with Gasteiger partial charge in [0.1, 0.15) is 11.5 Å². The minimum Gasteiger partial charge on any atom is -0.456 e. The van der Waals surface area contributed by atoms with E-state index in [4.69, 9.17) is 4.74 Å². The molecule has 11 aromatic carbocycles. The van der Waals surface area contributed by atoms with Gasteiger partial charge in [0, 0.05) is 27.9 Å². The summed E-state index contributed by atoms with van der Waals surface area (Å²) < 4.78 is 6.50. The first-order valence-corrected chi connectivity index (χ1v) is 21.9. The van der Waals surface area contributed by atoms with Crippen molar-refractivity contribution in [2.45, 2.75) is 0 Å². The van der Waals surface area contributed by atoms with E-state index in [0.717, 1.165) is 56.2 Å². The molecule has 1 aliphatic rings. The Morgan fingerprint density at radius 3 is 1.44 bits per heavy atom. The van der Waals surface area contributed by atoms with E-state index in [9.17, 15) is 0 Å². The fraction of sp³-hybridized carbons (Fsp3) is 0. The first-order chi connectivity index (χ1) is 31.7. The molecule has 0 N–H and O–H groups in total. The third kappa shape index (κ3) is 6.61. The molecule has 0 radical (unpaired) electrons. The van der Waals surface area contributed by atoms with E-state index in [1.807, 2.05) is 0 Å². The van der Waals surface area contributed by atoms with Gasteiger partial charge in [-0.1, -0.05) is 200 Å². The Bertz CT molecular complexity index is 3490. The van der Waals surface area contributed by atoms with Crippen molar-refractivity contribution in [2.24, 2.45) is 0 Å². The van der Waals surface area contributed by atoms with Crippen LogP contribution in [0.15, 0.2) is 249 Å². The second-order valence-electron chi connectivity index (χ2n) is 16.4. The lowest BCUT2D eigenvalue weighted by atomic mass is 9.90. The average molecular weight is 816 g/mol. The summed E-state index contributed by atoms with van der Waals surface area (Å²) in [7, 11) is 0. The molecule has 64 heavy (non-hydrogen) atoms. The summed E-state index contributed by atoms with van der Waals surface area (Å²) >= 11 is 0. The van der Waals surface area contributed by atoms with Crippen LogP contribution >= 0.6 is 0 Å². The maximum atomic E-state index is 6.50. The zero-order valence-corrected chi connectivity index (χ0v) is 35.0. The van der Waals surface area contributed by atoms with Crippen molar-refractivity contribution in [1.29, 1.82) is 0 Å². The molecule has 12 rings (SSSR count). The van der Waals surface area contributed by atoms with Gasteiger partial charge < -0.3 is 9.64 Å². The molecule has 0 atom stereocenters. The highest BCUT2D eigenvalue weighted by Crippen LogP contribution is 2.49. The molecule has 0 saturated heterocycles. The molecular formula is C62H41NO. The van der Waals surface area contributed by atoms with Crippen molar-refractivity contribution >= 4 is 38.6 Å². The monoisotopic (exact) mass is 815 g/mol. The maximum absolute atomic E-state index is 6.50. The lowest BCUT2D eigenvalue weighted by Gasteiger charge is -2.29. The molecule has 0 aromatic heterocycles. The Labute approximate surface area is 373 Å². The van der Waals surface area contributed by atoms with Crippen molar-refractivity contribution in [3.8, 4) is 78.3 Å². The largest absolute Gasteiger partial charge is 0.456 e. The molecule has 0 unspecified atom stereocenters. The molecule has 1 aliphatic heterocycles. The van der Waals surface area contributed by atoms with E-state index in [1.165, 1.54) is 60.7 Å². The highest BCUT2D eigenvalue weighted by molar-refractivity contribution is 6.09. The highest BCUT2D eigenvalue weighted by Gasteiger charge is 2.23. The minimum atomic E-state index is 0.876. The lowest BCUT2D eigenvalue weighted by molar-refractivity contribution is 0.487. The third-order valence-corrected chi connectivity index (χ3v) is 12.7. The Balaban J connectivity index is 1.00. The fourth-order valence-corrected chi connectivity index (χ4v) is 9.60. The van der Waals surface area contributed by atoms with E-state index in [2.05, 4.69) is 254 Å². The Hall–Kier alpha value is -8.46. The number of para-hydroxylation sites is 1. The van der Waals surface area contributed by atoms with Crippen molar-refractivity contribution in [3.05, 3.63) is 249 Å². The number of hydrogen-bond acceptors (Lipinski definition) is 2. The average Bonchev–Trinajstić information content (AvgIpc) is 3.37. The van der Waals surface area contributed by atoms with Gasteiger partial charge >= 0.3 is 0 Å². The molecular weight excluding hydrogens is 775 g/mol. The molecule has 1 heterocycles. The van der Waals surface area contributed by atoms with Gasteiger partial charge in [0.15, 0.2) is 0 Å². The minimum absolute atomic E-state index is 0.876. The summed E-state index contributed by atoms with van der Waals surface area (Å²) in [5.74, 6) is 1.78. The SMILES string of the molecule is c1ccc(-c2ccc(-c3ccc(N(c4cccc(-c5ccc6c(c5)-c5cccc7cccc(c57)O6)c4)c4ccccc4-c4cccc5cccc(-c6ccccc6)c45)cc3)cc2)cc1. The third-order valence-electron chi connectivity index (χ3n) is 12.7. The molecule has 11 aromatic rings. The van der Waals surface area contributed by atoms with Gasteiger partial charge in [0.05, 0.1) is 5.69 Å². The van der Waals surface area contributed by atoms with Crippen molar-refractivity contribution < 1.29 is 4.74 Å². The summed E-state index contributed by atoms with van der Waals surface area (Å²) in [6.07, 6.45) is 0. The van der Waals surface area contributed by atoms with Gasteiger partial charge in [-0.3, -0.25) is 0 Å². The standard InChI is InChI=1S/C62H41NO/c1-3-14-42(15-4-1)43-30-32-44(33-31-43)45-34-37-51(38-35-45)63(58-28-8-7-24-54(58)55-26-11-19-47-18-10-25-53(61(47)55)46-16-5-2-6-17-46)52-23-9-22-49(40-52)50-36-39-59-57(41-50)56-27-12-20-48-21-13-29-60(64-59)62(48)56/h1-41H. The number of nitrogens with zero attached hydrogens (tertiary/aromatic N) is 1. The fourth-order valence-electron chi connectivity index (χ4n) is 9.60. The van der Waals surface area contributed by atoms with E-state index >= 15 is 0 Å². The predicted octanol–water partition coefficient (Wildman–Crippen LogP) is 17.6. The van der Waals surface area contributed by atoms with Gasteiger partial charge in [-0.25, -0.2) is 0 Å². The molecule has 0 aliphatic carbocycles. The lowest BCUT2D eigenvalue weighted by Crippen LogP contribution is -2.11. The Morgan fingerprint density at radius 2 is 0.734 bits per heavy atom. The molecule has 0 fully saturated rings. The number of fused-ring (bicyclic) bond motifs is 3. The van der Waals surface area contributed by atoms with Gasteiger partial charge in [-0.15, -0.1) is 0 Å². The topological polar surface area (TPSA) is 12.5 Å². The second-order valence-corrected chi connectivity index (χ2v) is 16.4. The molecule has 2 nitrogen and oxygen atoms in total. The number of hydrogen-bond donors (Lipinski definition) is 0. The van der Waals surface area contributed by atoms with E-state index in [0.29, 0.717) is 0 Å². The highest BCUT2D eigenvalue weighted by atomic mass is 16.5. The van der Waals surface area contributed by atoms with Gasteiger partial charge in [0.2, 0.25) is 0 Å². The van der Waals surface area contributed by atoms with Crippen LogP contribution in [0.2, 0.25) is 0 Å². The summed E-state index contributed by atoms with van der Waals surface area (Å²) in [6, 6.07) is 89.7. The van der Waals surface area contributed by atoms with Crippen molar-refractivity contribution in [1.82, 2.24) is 0 Å². The summed E-state index contributed by atoms with van der Waals surface area (Å²) in [4.78, 5) is 2.42. The molecule has 0 amide bonds. The first kappa shape index (κ1) is 37.3. The Kier molecular flexibility index (Phi) is 9.20. The van der Waals surface area contributed by atoms with Crippen LogP contribution in [0.4, 0.5) is 17.1 Å². The van der Waals surface area contributed by atoms with E-state index < -0.39 is 0 Å². The molecule has 2 heteroatoms. The second kappa shape index (κ2) is 15.8. The molecule has 0 saturated carbocycles. The zero-order valence-electron chi connectivity index (χ0n) is 35.0. The van der Waals surface area contributed by atoms with Crippen LogP contribution in [-0.2, 0) is 0 Å².